The van der Waals surface area contributed by atoms with E-state index in [0.717, 1.165) is 16.8 Å². The summed E-state index contributed by atoms with van der Waals surface area (Å²) >= 11 is 0. The lowest BCUT2D eigenvalue weighted by Crippen LogP contribution is -2.35. The molecule has 14 heavy (non-hydrogen) atoms. The highest BCUT2D eigenvalue weighted by atomic mass is 16.2. The van der Waals surface area contributed by atoms with Crippen LogP contribution in [0.5, 0.6) is 0 Å². The number of rotatable bonds is 1. The van der Waals surface area contributed by atoms with Crippen LogP contribution < -0.4 is 10.2 Å². The molecule has 0 atom stereocenters. The van der Waals surface area contributed by atoms with Crippen molar-refractivity contribution in [1.29, 1.82) is 0 Å². The van der Waals surface area contributed by atoms with E-state index >= 15 is 0 Å². The minimum absolute atomic E-state index is 0.138. The number of hydrogen-bond acceptors (Lipinski definition) is 1. The lowest BCUT2D eigenvalue weighted by atomic mass is 10.1. The lowest BCUT2D eigenvalue weighted by molar-refractivity contribution is 0.249. The number of nitrogens with zero attached hydrogens (tertiary/aromatic N) is 1. The molecule has 75 valence electrons. The van der Waals surface area contributed by atoms with E-state index < -0.39 is 0 Å². The maximum absolute atomic E-state index is 11.4. The molecular weight excluding hydrogens is 176 g/mol. The van der Waals surface area contributed by atoms with Gasteiger partial charge in [-0.2, -0.15) is 0 Å². The average Bonchev–Trinajstić information content (AvgIpc) is 2.20. The first kappa shape index (κ1) is 10.6. The Morgan fingerprint density at radius 2 is 2.14 bits per heavy atom. The molecule has 0 saturated heterocycles. The minimum atomic E-state index is -0.138. The third-order valence-electron chi connectivity index (χ3n) is 2.27. The molecule has 0 bridgehead atoms. The van der Waals surface area contributed by atoms with Gasteiger partial charge in [-0.3, -0.25) is 4.90 Å². The smallest absolute Gasteiger partial charge is 0.321 e. The van der Waals surface area contributed by atoms with Crippen molar-refractivity contribution in [3.05, 3.63) is 36.2 Å². The van der Waals surface area contributed by atoms with Crippen LogP contribution in [0.2, 0.25) is 0 Å². The van der Waals surface area contributed by atoms with Gasteiger partial charge in [-0.05, 0) is 31.0 Å². The van der Waals surface area contributed by atoms with Crippen LogP contribution in [-0.4, -0.2) is 20.1 Å². The standard InChI is InChI=1S/C11H15N2O/c1-8-6-5-7-10(9(8)2)13(4)11(14)12-3/h5-7H,2H2,1,3-4H3,(H,12,14). The zero-order chi connectivity index (χ0) is 10.7. The number of nitrogens with one attached hydrogen (secondary N) is 1. The molecule has 0 aliphatic rings. The number of aryl methyl sites for hydroxylation is 1. The molecular formula is C11H15N2O. The van der Waals surface area contributed by atoms with E-state index in [1.807, 2.05) is 25.1 Å². The fourth-order valence-corrected chi connectivity index (χ4v) is 1.28. The number of anilines is 1. The van der Waals surface area contributed by atoms with E-state index in [0.29, 0.717) is 0 Å². The molecule has 1 N–H and O–H groups in total. The molecule has 1 aromatic rings. The summed E-state index contributed by atoms with van der Waals surface area (Å²) in [6.07, 6.45) is 0. The lowest BCUT2D eigenvalue weighted by Gasteiger charge is -2.19. The second-order valence-corrected chi connectivity index (χ2v) is 3.19. The Hall–Kier alpha value is -1.51. The topological polar surface area (TPSA) is 32.3 Å². The second-order valence-electron chi connectivity index (χ2n) is 3.19. The van der Waals surface area contributed by atoms with E-state index in [-0.39, 0.29) is 6.03 Å². The molecule has 1 rings (SSSR count). The van der Waals surface area contributed by atoms with Crippen molar-refractivity contribution in [1.82, 2.24) is 5.32 Å². The quantitative estimate of drug-likeness (QED) is 0.723. The Morgan fingerprint density at radius 1 is 1.50 bits per heavy atom. The van der Waals surface area contributed by atoms with Crippen LogP contribution in [0, 0.1) is 13.8 Å². The van der Waals surface area contributed by atoms with Gasteiger partial charge in [0.1, 0.15) is 0 Å². The Morgan fingerprint density at radius 3 is 2.71 bits per heavy atom. The summed E-state index contributed by atoms with van der Waals surface area (Å²) in [6.45, 7) is 5.91. The van der Waals surface area contributed by atoms with Crippen molar-refractivity contribution < 1.29 is 4.79 Å². The second kappa shape index (κ2) is 4.13. The third kappa shape index (κ3) is 1.87. The van der Waals surface area contributed by atoms with Gasteiger partial charge < -0.3 is 5.32 Å². The Labute approximate surface area is 84.7 Å². The Bertz CT molecular complexity index is 347. The molecule has 0 aliphatic heterocycles. The molecule has 3 heteroatoms. The Kier molecular flexibility index (Phi) is 3.12. The van der Waals surface area contributed by atoms with Crippen molar-refractivity contribution in [3.63, 3.8) is 0 Å². The highest BCUT2D eigenvalue weighted by Crippen LogP contribution is 2.21. The number of amides is 2. The van der Waals surface area contributed by atoms with Crippen LogP contribution in [0.3, 0.4) is 0 Å². The average molecular weight is 191 g/mol. The molecule has 0 spiro atoms. The maximum atomic E-state index is 11.4. The van der Waals surface area contributed by atoms with Gasteiger partial charge in [0.05, 0.1) is 0 Å². The molecule has 0 saturated carbocycles. The number of benzene rings is 1. The van der Waals surface area contributed by atoms with Gasteiger partial charge in [-0.15, -0.1) is 0 Å². The monoisotopic (exact) mass is 191 g/mol. The van der Waals surface area contributed by atoms with Crippen LogP contribution >= 0.6 is 0 Å². The number of urea groups is 1. The van der Waals surface area contributed by atoms with Gasteiger partial charge >= 0.3 is 6.03 Å². The summed E-state index contributed by atoms with van der Waals surface area (Å²) in [6, 6.07) is 5.63. The summed E-state index contributed by atoms with van der Waals surface area (Å²) in [4.78, 5) is 12.9. The first-order valence-electron chi connectivity index (χ1n) is 4.45. The molecule has 0 unspecified atom stereocenters. The molecule has 0 aliphatic carbocycles. The van der Waals surface area contributed by atoms with Crippen molar-refractivity contribution >= 4 is 11.7 Å². The molecule has 2 amide bonds. The number of carbonyl (C=O) groups excluding carboxylic acids is 1. The summed E-state index contributed by atoms with van der Waals surface area (Å²) in [5, 5.41) is 2.57. The predicted molar refractivity (Wildman–Crippen MR) is 58.5 cm³/mol. The van der Waals surface area contributed by atoms with Crippen LogP contribution in [0.25, 0.3) is 0 Å². The largest absolute Gasteiger partial charge is 0.341 e. The molecule has 1 aromatic carbocycles. The van der Waals surface area contributed by atoms with Gasteiger partial charge in [0.15, 0.2) is 0 Å². The van der Waals surface area contributed by atoms with E-state index in [1.54, 1.807) is 19.0 Å². The first-order valence-corrected chi connectivity index (χ1v) is 4.45. The SMILES string of the molecule is [CH2]c1c(C)cccc1N(C)C(=O)NC. The van der Waals surface area contributed by atoms with Gasteiger partial charge in [0.2, 0.25) is 0 Å². The normalized spacial score (nSPS) is 9.71. The van der Waals surface area contributed by atoms with E-state index in [4.69, 9.17) is 0 Å². The fraction of sp³-hybridized carbons (Fsp3) is 0.273. The van der Waals surface area contributed by atoms with Gasteiger partial charge in [0.25, 0.3) is 0 Å². The number of hydrogen-bond donors (Lipinski definition) is 1. The van der Waals surface area contributed by atoms with Gasteiger partial charge in [-0.25, -0.2) is 4.79 Å². The highest BCUT2D eigenvalue weighted by Gasteiger charge is 2.11. The van der Waals surface area contributed by atoms with Crippen LogP contribution in [0.1, 0.15) is 11.1 Å². The molecule has 3 nitrogen and oxygen atoms in total. The maximum Gasteiger partial charge on any atom is 0.321 e. The minimum Gasteiger partial charge on any atom is -0.341 e. The predicted octanol–water partition coefficient (Wildman–Crippen LogP) is 1.95. The van der Waals surface area contributed by atoms with Crippen LogP contribution in [0.15, 0.2) is 18.2 Å². The molecule has 0 heterocycles. The fourth-order valence-electron chi connectivity index (χ4n) is 1.28. The summed E-state index contributed by atoms with van der Waals surface area (Å²) < 4.78 is 0. The van der Waals surface area contributed by atoms with Crippen LogP contribution in [-0.2, 0) is 0 Å². The summed E-state index contributed by atoms with van der Waals surface area (Å²) in [7, 11) is 3.33. The zero-order valence-corrected chi connectivity index (χ0v) is 8.79. The summed E-state index contributed by atoms with van der Waals surface area (Å²) in [5.74, 6) is 0. The first-order chi connectivity index (χ1) is 6.57. The summed E-state index contributed by atoms with van der Waals surface area (Å²) in [5.41, 5.74) is 2.81. The molecule has 0 aromatic heterocycles. The zero-order valence-electron chi connectivity index (χ0n) is 8.79. The third-order valence-corrected chi connectivity index (χ3v) is 2.27. The van der Waals surface area contributed by atoms with E-state index in [9.17, 15) is 4.79 Å². The van der Waals surface area contributed by atoms with Crippen molar-refractivity contribution in [3.8, 4) is 0 Å². The van der Waals surface area contributed by atoms with Crippen molar-refractivity contribution in [2.24, 2.45) is 0 Å². The molecule has 1 radical (unpaired) electrons. The van der Waals surface area contributed by atoms with Crippen molar-refractivity contribution in [2.75, 3.05) is 19.0 Å². The molecule has 0 fully saturated rings. The van der Waals surface area contributed by atoms with Crippen LogP contribution in [0.4, 0.5) is 10.5 Å². The Balaban J connectivity index is 3.07. The number of carbonyl (C=O) groups is 1. The van der Waals surface area contributed by atoms with E-state index in [1.165, 1.54) is 0 Å². The van der Waals surface area contributed by atoms with Gasteiger partial charge in [0, 0.05) is 19.8 Å². The van der Waals surface area contributed by atoms with E-state index in [2.05, 4.69) is 12.2 Å². The van der Waals surface area contributed by atoms with Gasteiger partial charge in [-0.1, -0.05) is 12.1 Å². The highest BCUT2D eigenvalue weighted by molar-refractivity contribution is 5.92. The van der Waals surface area contributed by atoms with Crippen molar-refractivity contribution in [2.45, 2.75) is 6.92 Å².